The number of hydrogen-bond acceptors (Lipinski definition) is 5. The van der Waals surface area contributed by atoms with Crippen LogP contribution in [0.1, 0.15) is 0 Å². The Kier molecular flexibility index (Phi) is 9.52. The van der Waals surface area contributed by atoms with Gasteiger partial charge in [-0.2, -0.15) is 8.42 Å². The van der Waals surface area contributed by atoms with Crippen LogP contribution in [0.25, 0.3) is 0 Å². The van der Waals surface area contributed by atoms with Crippen LogP contribution in [0.15, 0.2) is 0 Å². The predicted molar refractivity (Wildman–Crippen MR) is 63.5 cm³/mol. The van der Waals surface area contributed by atoms with Gasteiger partial charge in [0.2, 0.25) is 0 Å². The van der Waals surface area contributed by atoms with E-state index in [4.69, 9.17) is 9.66 Å². The SMILES string of the molecule is O=S(=O)(O)CCN1CCN(CCO)CC1.[RbH]. The molecule has 92 valence electrons. The van der Waals surface area contributed by atoms with E-state index >= 15 is 0 Å². The van der Waals surface area contributed by atoms with Gasteiger partial charge in [-0.3, -0.25) is 14.4 Å². The molecule has 0 bridgehead atoms. The third-order valence-corrected chi connectivity index (χ3v) is 3.25. The van der Waals surface area contributed by atoms with Crippen molar-refractivity contribution in [3.63, 3.8) is 0 Å². The summed E-state index contributed by atoms with van der Waals surface area (Å²) in [5.41, 5.74) is 0. The summed E-state index contributed by atoms with van der Waals surface area (Å²) in [6.45, 7) is 4.46. The first-order valence-electron chi connectivity index (χ1n) is 5.02. The van der Waals surface area contributed by atoms with E-state index in [9.17, 15) is 8.42 Å². The molecular weight excluding hydrogens is 306 g/mol. The van der Waals surface area contributed by atoms with Gasteiger partial charge in [0.15, 0.2) is 0 Å². The third-order valence-electron chi connectivity index (χ3n) is 2.55. The van der Waals surface area contributed by atoms with E-state index in [1.807, 2.05) is 4.90 Å². The number of nitrogens with zero attached hydrogens (tertiary/aromatic N) is 2. The van der Waals surface area contributed by atoms with Gasteiger partial charge in [0.05, 0.1) is 12.4 Å². The number of β-amino-alcohol motifs (C(OH)–C–C–N with tert-alkyl or cyclic N) is 1. The van der Waals surface area contributed by atoms with Crippen LogP contribution in [0.2, 0.25) is 0 Å². The molecule has 1 rings (SSSR count). The molecule has 0 aromatic carbocycles. The standard InChI is InChI=1S/C8H18N2O4S.Rb.H/c11-7-5-9-1-3-10(4-2-9)6-8-15(12,13)14;;/h11H,1-8H2,(H,12,13,14);;. The fourth-order valence-corrected chi connectivity index (χ4v) is 2.11. The van der Waals surface area contributed by atoms with E-state index in [0.717, 1.165) is 26.2 Å². The van der Waals surface area contributed by atoms with Crippen LogP contribution in [-0.4, -0.2) is 138 Å². The molecule has 0 unspecified atom stereocenters. The van der Waals surface area contributed by atoms with Gasteiger partial charge in [0.1, 0.15) is 0 Å². The van der Waals surface area contributed by atoms with Gasteiger partial charge in [0, 0.05) is 39.3 Å². The monoisotopic (exact) mass is 324 g/mol. The van der Waals surface area contributed by atoms with Crippen molar-refractivity contribution in [2.75, 3.05) is 51.6 Å². The Morgan fingerprint density at radius 3 is 1.81 bits per heavy atom. The number of piperazine rings is 1. The van der Waals surface area contributed by atoms with Crippen LogP contribution in [0.4, 0.5) is 0 Å². The van der Waals surface area contributed by atoms with Crippen molar-refractivity contribution in [2.45, 2.75) is 0 Å². The molecule has 0 aliphatic carbocycles. The molecule has 1 aliphatic heterocycles. The van der Waals surface area contributed by atoms with Crippen LogP contribution in [0, 0.1) is 0 Å². The molecule has 0 amide bonds. The Morgan fingerprint density at radius 2 is 1.44 bits per heavy atom. The summed E-state index contributed by atoms with van der Waals surface area (Å²) >= 11 is 0. The first kappa shape index (κ1) is 17.6. The van der Waals surface area contributed by atoms with Gasteiger partial charge in [-0.15, -0.1) is 0 Å². The molecule has 0 aromatic heterocycles. The number of aliphatic hydroxyl groups excluding tert-OH is 1. The maximum atomic E-state index is 10.5. The van der Waals surface area contributed by atoms with Crippen LogP contribution in [-0.2, 0) is 10.1 Å². The van der Waals surface area contributed by atoms with Crippen molar-refractivity contribution in [2.24, 2.45) is 0 Å². The molecule has 1 aliphatic rings. The van der Waals surface area contributed by atoms with Gasteiger partial charge in [-0.05, 0) is 0 Å². The maximum absolute atomic E-state index is 10.5. The Bertz CT molecular complexity index is 278. The fraction of sp³-hybridized carbons (Fsp3) is 1.00. The van der Waals surface area contributed by atoms with Crippen molar-refractivity contribution >= 4 is 68.3 Å². The molecule has 1 saturated heterocycles. The van der Waals surface area contributed by atoms with Crippen molar-refractivity contribution in [3.05, 3.63) is 0 Å². The third kappa shape index (κ3) is 7.83. The van der Waals surface area contributed by atoms with Gasteiger partial charge in [-0.1, -0.05) is 0 Å². The first-order chi connectivity index (χ1) is 7.01. The quantitative estimate of drug-likeness (QED) is 0.561. The van der Waals surface area contributed by atoms with Gasteiger partial charge in [-0.25, -0.2) is 0 Å². The summed E-state index contributed by atoms with van der Waals surface area (Å²) < 4.78 is 29.6. The molecule has 0 saturated carbocycles. The zero-order valence-electron chi connectivity index (χ0n) is 8.67. The van der Waals surface area contributed by atoms with Crippen molar-refractivity contribution in [1.82, 2.24) is 9.80 Å². The Hall–Kier alpha value is 1.60. The number of hydrogen-bond donors (Lipinski definition) is 2. The summed E-state index contributed by atoms with van der Waals surface area (Å²) in [5, 5.41) is 8.73. The second-order valence-electron chi connectivity index (χ2n) is 3.69. The molecule has 16 heavy (non-hydrogen) atoms. The van der Waals surface area contributed by atoms with E-state index in [2.05, 4.69) is 4.90 Å². The van der Waals surface area contributed by atoms with Crippen molar-refractivity contribution < 1.29 is 18.1 Å². The fourth-order valence-electron chi connectivity index (χ4n) is 1.62. The van der Waals surface area contributed by atoms with E-state index in [-0.39, 0.29) is 70.5 Å². The Balaban J connectivity index is 0.00000225. The van der Waals surface area contributed by atoms with Gasteiger partial charge < -0.3 is 5.11 Å². The van der Waals surface area contributed by atoms with Crippen LogP contribution >= 0.6 is 0 Å². The van der Waals surface area contributed by atoms with E-state index in [0.29, 0.717) is 13.1 Å². The van der Waals surface area contributed by atoms with Crippen LogP contribution in [0.3, 0.4) is 0 Å². The molecule has 0 aromatic rings. The van der Waals surface area contributed by atoms with Crippen molar-refractivity contribution in [1.29, 1.82) is 0 Å². The van der Waals surface area contributed by atoms with Crippen LogP contribution in [0.5, 0.6) is 0 Å². The van der Waals surface area contributed by atoms with E-state index in [1.165, 1.54) is 0 Å². The zero-order valence-corrected chi connectivity index (χ0v) is 9.49. The second-order valence-corrected chi connectivity index (χ2v) is 5.27. The van der Waals surface area contributed by atoms with Crippen molar-refractivity contribution in [3.8, 4) is 0 Å². The summed E-state index contributed by atoms with van der Waals surface area (Å²) in [4.78, 5) is 4.13. The number of aliphatic hydroxyl groups is 1. The Labute approximate surface area is 146 Å². The average molecular weight is 325 g/mol. The summed E-state index contributed by atoms with van der Waals surface area (Å²) in [5.74, 6) is -0.201. The molecule has 1 heterocycles. The minimum absolute atomic E-state index is 0. The molecule has 6 nitrogen and oxygen atoms in total. The van der Waals surface area contributed by atoms with E-state index < -0.39 is 10.1 Å². The van der Waals surface area contributed by atoms with Gasteiger partial charge in [0.25, 0.3) is 10.1 Å². The molecular formula is C8H19N2O4RbS. The first-order valence-corrected chi connectivity index (χ1v) is 6.63. The molecule has 8 heteroatoms. The summed E-state index contributed by atoms with van der Waals surface area (Å²) in [6.07, 6.45) is 0. The molecule has 0 atom stereocenters. The summed E-state index contributed by atoms with van der Waals surface area (Å²) in [7, 11) is -3.84. The summed E-state index contributed by atoms with van der Waals surface area (Å²) in [6, 6.07) is 0. The van der Waals surface area contributed by atoms with E-state index in [1.54, 1.807) is 0 Å². The molecule has 1 fully saturated rings. The average Bonchev–Trinajstić information content (AvgIpc) is 2.16. The topological polar surface area (TPSA) is 81.1 Å². The second kappa shape index (κ2) is 8.65. The van der Waals surface area contributed by atoms with Crippen LogP contribution < -0.4 is 0 Å². The normalized spacial score (nSPS) is 19.4. The zero-order chi connectivity index (χ0) is 11.3. The number of rotatable bonds is 5. The Morgan fingerprint density at radius 1 is 1.00 bits per heavy atom. The molecule has 0 spiro atoms. The molecule has 0 radical (unpaired) electrons. The van der Waals surface area contributed by atoms with Gasteiger partial charge >= 0.3 is 58.2 Å². The molecule has 2 N–H and O–H groups in total. The minimum atomic E-state index is -3.84. The predicted octanol–water partition coefficient (Wildman–Crippen LogP) is -2.16.